The summed E-state index contributed by atoms with van der Waals surface area (Å²) in [4.78, 5) is 9.81. The summed E-state index contributed by atoms with van der Waals surface area (Å²) in [6, 6.07) is 15.0. The molecule has 4 nitrogen and oxygen atoms in total. The van der Waals surface area contributed by atoms with Crippen molar-refractivity contribution in [3.8, 4) is 11.5 Å². The van der Waals surface area contributed by atoms with Crippen molar-refractivity contribution < 1.29 is 4.74 Å². The fraction of sp³-hybridized carbons (Fsp3) is 0.350. The number of fused-ring (bicyclic) bond motifs is 3. The van der Waals surface area contributed by atoms with E-state index in [0.29, 0.717) is 6.04 Å². The van der Waals surface area contributed by atoms with Gasteiger partial charge in [0.15, 0.2) is 5.75 Å². The van der Waals surface area contributed by atoms with Gasteiger partial charge in [-0.3, -0.25) is 9.89 Å². The van der Waals surface area contributed by atoms with Crippen LogP contribution in [0.4, 0.5) is 11.4 Å². The van der Waals surface area contributed by atoms with Crippen LogP contribution in [0.15, 0.2) is 47.5 Å². The number of anilines is 1. The van der Waals surface area contributed by atoms with Gasteiger partial charge in [-0.25, -0.2) is 0 Å². The molecule has 0 saturated carbocycles. The Morgan fingerprint density at radius 3 is 2.88 bits per heavy atom. The predicted molar refractivity (Wildman–Crippen MR) is 97.0 cm³/mol. The number of hydrogen-bond acceptors (Lipinski definition) is 4. The van der Waals surface area contributed by atoms with Crippen molar-refractivity contribution in [3.63, 3.8) is 0 Å². The molecular formula is C20H21N3O. The summed E-state index contributed by atoms with van der Waals surface area (Å²) in [5.41, 5.74) is 3.23. The maximum atomic E-state index is 6.16. The second kappa shape index (κ2) is 5.64. The molecule has 3 heterocycles. The molecule has 3 aliphatic rings. The van der Waals surface area contributed by atoms with E-state index in [-0.39, 0.29) is 0 Å². The molecule has 0 bridgehead atoms. The van der Waals surface area contributed by atoms with Crippen molar-refractivity contribution in [1.29, 1.82) is 0 Å². The number of ether oxygens (including phenoxy) is 1. The Labute approximate surface area is 142 Å². The summed E-state index contributed by atoms with van der Waals surface area (Å²) in [7, 11) is 0. The van der Waals surface area contributed by atoms with Gasteiger partial charge in [-0.15, -0.1) is 0 Å². The van der Waals surface area contributed by atoms with Crippen molar-refractivity contribution >= 4 is 17.6 Å². The van der Waals surface area contributed by atoms with E-state index >= 15 is 0 Å². The van der Waals surface area contributed by atoms with E-state index in [0.717, 1.165) is 42.4 Å². The summed E-state index contributed by atoms with van der Waals surface area (Å²) in [6.45, 7) is 4.61. The van der Waals surface area contributed by atoms with E-state index in [1.54, 1.807) is 0 Å². The lowest BCUT2D eigenvalue weighted by molar-refractivity contribution is 0.231. The average Bonchev–Trinajstić information content (AvgIpc) is 3.00. The number of benzene rings is 2. The molecule has 2 aromatic carbocycles. The Morgan fingerprint density at radius 1 is 0.958 bits per heavy atom. The van der Waals surface area contributed by atoms with Gasteiger partial charge in [0.2, 0.25) is 0 Å². The maximum absolute atomic E-state index is 6.16. The fourth-order valence-corrected chi connectivity index (χ4v) is 4.14. The van der Waals surface area contributed by atoms with Crippen LogP contribution in [0.3, 0.4) is 0 Å². The molecule has 122 valence electrons. The molecule has 1 atom stereocenters. The first kappa shape index (κ1) is 14.1. The number of piperazine rings is 1. The van der Waals surface area contributed by atoms with Crippen LogP contribution in [0.5, 0.6) is 11.5 Å². The molecular weight excluding hydrogens is 298 g/mol. The predicted octanol–water partition coefficient (Wildman–Crippen LogP) is 3.83. The van der Waals surface area contributed by atoms with Gasteiger partial charge in [0.25, 0.3) is 0 Å². The average molecular weight is 319 g/mol. The van der Waals surface area contributed by atoms with Gasteiger partial charge in [0, 0.05) is 37.6 Å². The first-order chi connectivity index (χ1) is 11.9. The molecule has 0 amide bonds. The lowest BCUT2D eigenvalue weighted by Crippen LogP contribution is -2.50. The molecule has 5 rings (SSSR count). The van der Waals surface area contributed by atoms with Gasteiger partial charge in [-0.05, 0) is 43.7 Å². The first-order valence-electron chi connectivity index (χ1n) is 8.81. The Kier molecular flexibility index (Phi) is 3.30. The minimum atomic E-state index is 0.704. The second-order valence-electron chi connectivity index (χ2n) is 6.79. The van der Waals surface area contributed by atoms with Gasteiger partial charge in [0.1, 0.15) is 11.4 Å². The third-order valence-corrected chi connectivity index (χ3v) is 5.39. The van der Waals surface area contributed by atoms with Gasteiger partial charge < -0.3 is 9.64 Å². The number of para-hydroxylation sites is 2. The van der Waals surface area contributed by atoms with Crippen LogP contribution in [0.1, 0.15) is 18.4 Å². The Morgan fingerprint density at radius 2 is 1.88 bits per heavy atom. The Bertz CT molecular complexity index is 801. The zero-order chi connectivity index (χ0) is 15.9. The number of nitrogens with zero attached hydrogens (tertiary/aromatic N) is 3. The monoisotopic (exact) mass is 319 g/mol. The third kappa shape index (κ3) is 2.29. The molecule has 4 heteroatoms. The molecule has 3 aliphatic heterocycles. The third-order valence-electron chi connectivity index (χ3n) is 5.39. The number of hydrogen-bond donors (Lipinski definition) is 0. The van der Waals surface area contributed by atoms with Crippen LogP contribution in [0.2, 0.25) is 0 Å². The molecule has 2 fully saturated rings. The molecule has 0 spiro atoms. The molecule has 24 heavy (non-hydrogen) atoms. The number of aliphatic imine (C=N–C) groups is 1. The van der Waals surface area contributed by atoms with E-state index < -0.39 is 0 Å². The summed E-state index contributed by atoms with van der Waals surface area (Å²) in [6.07, 6.45) is 4.63. The molecule has 2 saturated heterocycles. The molecule has 0 aliphatic carbocycles. The van der Waals surface area contributed by atoms with E-state index in [1.165, 1.54) is 25.1 Å². The summed E-state index contributed by atoms with van der Waals surface area (Å²) in [5.74, 6) is 1.72. The Balaban J connectivity index is 1.52. The van der Waals surface area contributed by atoms with Crippen LogP contribution >= 0.6 is 0 Å². The molecule has 0 aromatic heterocycles. The molecule has 0 N–H and O–H groups in total. The Hall–Kier alpha value is -2.33. The normalized spacial score (nSPS) is 22.3. The van der Waals surface area contributed by atoms with Crippen molar-refractivity contribution in [2.45, 2.75) is 18.9 Å². The summed E-state index contributed by atoms with van der Waals surface area (Å²) < 4.78 is 6.16. The van der Waals surface area contributed by atoms with Gasteiger partial charge in [0.05, 0.1) is 5.56 Å². The quantitative estimate of drug-likeness (QED) is 0.682. The van der Waals surface area contributed by atoms with E-state index in [1.807, 2.05) is 36.5 Å². The largest absolute Gasteiger partial charge is 0.454 e. The lowest BCUT2D eigenvalue weighted by Gasteiger charge is -2.39. The topological polar surface area (TPSA) is 28.1 Å². The minimum Gasteiger partial charge on any atom is -0.454 e. The maximum Gasteiger partial charge on any atom is 0.153 e. The van der Waals surface area contributed by atoms with Gasteiger partial charge >= 0.3 is 0 Å². The standard InChI is InChI=1S/C20H21N3O/c1-2-8-20-17(6-1)21-13-16-18(7-3-9-19(16)24-20)23-12-11-22-10-4-5-15(22)14-23/h1-3,6-9,13,15H,4-5,10-12,14H2/t15-/m0/s1. The van der Waals surface area contributed by atoms with Crippen molar-refractivity contribution in [1.82, 2.24) is 4.90 Å². The summed E-state index contributed by atoms with van der Waals surface area (Å²) in [5, 5.41) is 0. The highest BCUT2D eigenvalue weighted by atomic mass is 16.5. The summed E-state index contributed by atoms with van der Waals surface area (Å²) >= 11 is 0. The minimum absolute atomic E-state index is 0.704. The van der Waals surface area contributed by atoms with Crippen LogP contribution in [0.25, 0.3) is 0 Å². The highest BCUT2D eigenvalue weighted by Gasteiger charge is 2.31. The van der Waals surface area contributed by atoms with E-state index in [9.17, 15) is 0 Å². The highest BCUT2D eigenvalue weighted by Crippen LogP contribution is 2.39. The second-order valence-corrected chi connectivity index (χ2v) is 6.79. The van der Waals surface area contributed by atoms with Gasteiger partial charge in [-0.1, -0.05) is 18.2 Å². The van der Waals surface area contributed by atoms with Crippen LogP contribution < -0.4 is 9.64 Å². The van der Waals surface area contributed by atoms with Crippen LogP contribution in [-0.4, -0.2) is 43.3 Å². The fourth-order valence-electron chi connectivity index (χ4n) is 4.14. The van der Waals surface area contributed by atoms with Crippen molar-refractivity contribution in [3.05, 3.63) is 48.0 Å². The molecule has 0 unspecified atom stereocenters. The highest BCUT2D eigenvalue weighted by molar-refractivity contribution is 5.94. The zero-order valence-corrected chi connectivity index (χ0v) is 13.7. The van der Waals surface area contributed by atoms with Crippen molar-refractivity contribution in [2.75, 3.05) is 31.1 Å². The molecule has 2 aromatic rings. The smallest absolute Gasteiger partial charge is 0.153 e. The first-order valence-corrected chi connectivity index (χ1v) is 8.81. The van der Waals surface area contributed by atoms with Gasteiger partial charge in [-0.2, -0.15) is 0 Å². The zero-order valence-electron chi connectivity index (χ0n) is 13.7. The molecule has 0 radical (unpaired) electrons. The SMILES string of the molecule is C1=Nc2ccccc2Oc2cccc(N3CCN4CCC[C@H]4C3)c21. The van der Waals surface area contributed by atoms with E-state index in [2.05, 4.69) is 26.9 Å². The van der Waals surface area contributed by atoms with Crippen LogP contribution in [-0.2, 0) is 0 Å². The van der Waals surface area contributed by atoms with E-state index in [4.69, 9.17) is 4.74 Å². The number of rotatable bonds is 1. The van der Waals surface area contributed by atoms with Crippen LogP contribution in [0, 0.1) is 0 Å². The van der Waals surface area contributed by atoms with Crippen molar-refractivity contribution in [2.24, 2.45) is 4.99 Å². The lowest BCUT2D eigenvalue weighted by atomic mass is 10.1.